The van der Waals surface area contributed by atoms with E-state index < -0.39 is 10.1 Å². The van der Waals surface area contributed by atoms with Gasteiger partial charge in [0, 0.05) is 23.2 Å². The van der Waals surface area contributed by atoms with Crippen LogP contribution in [0.3, 0.4) is 0 Å². The molecule has 2 aromatic heterocycles. The van der Waals surface area contributed by atoms with Crippen LogP contribution in [0.4, 0.5) is 0 Å². The van der Waals surface area contributed by atoms with Gasteiger partial charge in [-0.25, -0.2) is 8.42 Å². The van der Waals surface area contributed by atoms with E-state index in [4.69, 9.17) is 15.1 Å². The monoisotopic (exact) mass is 515 g/mol. The molecule has 0 bridgehead atoms. The third-order valence-corrected chi connectivity index (χ3v) is 5.95. The fourth-order valence-corrected chi connectivity index (χ4v) is 4.17. The van der Waals surface area contributed by atoms with Crippen molar-refractivity contribution >= 4 is 44.8 Å². The van der Waals surface area contributed by atoms with Crippen LogP contribution in [0.15, 0.2) is 90.1 Å². The second kappa shape index (κ2) is 13.1. The topological polar surface area (TPSA) is 149 Å². The molecule has 0 fully saturated rings. The van der Waals surface area contributed by atoms with Crippen molar-refractivity contribution in [2.24, 2.45) is 0 Å². The third kappa shape index (κ3) is 6.25. The van der Waals surface area contributed by atoms with Crippen LogP contribution in [0.2, 0.25) is 0 Å². The van der Waals surface area contributed by atoms with Crippen molar-refractivity contribution in [1.29, 1.82) is 0 Å². The molecular weight excluding hydrogens is 499 g/mol. The average Bonchev–Trinajstić information content (AvgIpc) is 2.90. The Balaban J connectivity index is 0.000000823. The van der Waals surface area contributed by atoms with Crippen molar-refractivity contribution in [2.75, 3.05) is 0 Å². The minimum absolute atomic E-state index is 0. The largest absolute Gasteiger partial charge is 1.00 e. The molecule has 1 N–H and O–H groups in total. The zero-order chi connectivity index (χ0) is 24.7. The van der Waals surface area contributed by atoms with Gasteiger partial charge < -0.3 is 19.6 Å². The molecule has 0 unspecified atom stereocenters. The standard InChI is InChI=1S/C24H15N2O3S.Na.H2O2.H2OS/c27-30(28,29)18-8-6-17(7-9-18)20-13-15-26-24-22(20)11-10-21-19(12-14-25-23(21)24)16-4-2-1-3-5-16;;2*1-2/h2-15H,(H,27,28,29);;2*1-2H/q-1;+1;;/p-3. The fourth-order valence-electron chi connectivity index (χ4n) is 3.70. The quantitative estimate of drug-likeness (QED) is 0.0521. The van der Waals surface area contributed by atoms with Crippen LogP contribution < -0.4 is 34.8 Å². The van der Waals surface area contributed by atoms with Gasteiger partial charge in [0.2, 0.25) is 0 Å². The van der Waals surface area contributed by atoms with Gasteiger partial charge in [-0.05, 0) is 41.0 Å². The van der Waals surface area contributed by atoms with E-state index in [0.717, 1.165) is 44.1 Å². The van der Waals surface area contributed by atoms with Gasteiger partial charge in [0.1, 0.15) is 10.1 Å². The van der Waals surface area contributed by atoms with Crippen LogP contribution in [0.1, 0.15) is 0 Å². The minimum atomic E-state index is -4.48. The molecule has 0 atom stereocenters. The molecule has 8 nitrogen and oxygen atoms in total. The van der Waals surface area contributed by atoms with Crippen LogP contribution in [0.25, 0.3) is 44.1 Å². The summed E-state index contributed by atoms with van der Waals surface area (Å²) >= 11 is 2.28. The van der Waals surface area contributed by atoms with Crippen LogP contribution in [-0.4, -0.2) is 32.7 Å². The molecule has 0 amide bonds. The molecule has 35 heavy (non-hydrogen) atoms. The van der Waals surface area contributed by atoms with Gasteiger partial charge in [0.05, 0.1) is 15.9 Å². The molecule has 0 aliphatic heterocycles. The Morgan fingerprint density at radius 1 is 0.714 bits per heavy atom. The van der Waals surface area contributed by atoms with Gasteiger partial charge in [0.15, 0.2) is 0 Å². The van der Waals surface area contributed by atoms with Crippen LogP contribution in [-0.2, 0) is 10.1 Å². The molecule has 5 aromatic rings. The zero-order valence-electron chi connectivity index (χ0n) is 18.3. The van der Waals surface area contributed by atoms with Crippen molar-refractivity contribution in [3.8, 4) is 22.3 Å². The minimum Gasteiger partial charge on any atom is -0.802 e. The number of benzene rings is 3. The second-order valence-electron chi connectivity index (χ2n) is 6.84. The van der Waals surface area contributed by atoms with E-state index >= 15 is 0 Å². The molecule has 0 aliphatic carbocycles. The Bertz CT molecular complexity index is 1520. The Hall–Kier alpha value is -2.38. The van der Waals surface area contributed by atoms with Gasteiger partial charge in [0.25, 0.3) is 0 Å². The SMILES string of the molecule is O=S(=O)([O-])c1ccc(-c2ccnc3c2ccc2c(-c4cc[c-]cc4)ccnc23)cc1.[Na+].[O-]O.[O-]S. The summed E-state index contributed by atoms with van der Waals surface area (Å²) in [5.41, 5.74) is 5.37. The predicted octanol–water partition coefficient (Wildman–Crippen LogP) is 0.692. The molecule has 2 heterocycles. The fraction of sp³-hybridized carbons (Fsp3) is 0. The first-order valence-electron chi connectivity index (χ1n) is 9.58. The van der Waals surface area contributed by atoms with E-state index in [-0.39, 0.29) is 34.5 Å². The smallest absolute Gasteiger partial charge is 0.802 e. The number of hydrogen-bond donors (Lipinski definition) is 2. The normalized spacial score (nSPS) is 10.4. The Labute approximate surface area is 229 Å². The number of rotatable bonds is 3. The molecule has 0 saturated heterocycles. The first-order valence-corrected chi connectivity index (χ1v) is 11.4. The maximum atomic E-state index is 11.2. The van der Waals surface area contributed by atoms with E-state index in [1.165, 1.54) is 12.1 Å². The van der Waals surface area contributed by atoms with Crippen molar-refractivity contribution in [1.82, 2.24) is 9.97 Å². The summed E-state index contributed by atoms with van der Waals surface area (Å²) in [7, 11) is -4.48. The van der Waals surface area contributed by atoms with Crippen molar-refractivity contribution in [3.63, 3.8) is 0 Å². The van der Waals surface area contributed by atoms with Crippen molar-refractivity contribution in [3.05, 3.63) is 91.3 Å². The van der Waals surface area contributed by atoms with Gasteiger partial charge in [-0.3, -0.25) is 22.9 Å². The van der Waals surface area contributed by atoms with E-state index in [2.05, 4.69) is 28.9 Å². The molecule has 0 spiro atoms. The second-order valence-corrected chi connectivity index (χ2v) is 8.22. The first-order chi connectivity index (χ1) is 16.5. The van der Waals surface area contributed by atoms with E-state index in [1.54, 1.807) is 24.5 Å². The summed E-state index contributed by atoms with van der Waals surface area (Å²) in [5, 5.41) is 14.9. The number of aromatic nitrogens is 2. The van der Waals surface area contributed by atoms with Gasteiger partial charge in [-0.2, -0.15) is 30.3 Å². The molecule has 174 valence electrons. The first kappa shape index (κ1) is 28.9. The summed E-state index contributed by atoms with van der Waals surface area (Å²) in [5.74, 6) is 0. The van der Waals surface area contributed by atoms with E-state index in [1.807, 2.05) is 48.5 Å². The number of fused-ring (bicyclic) bond motifs is 3. The van der Waals surface area contributed by atoms with Crippen LogP contribution in [0.5, 0.6) is 0 Å². The molecular formula is C24H16N2NaO6S2-3. The van der Waals surface area contributed by atoms with Gasteiger partial charge in [-0.15, -0.1) is 5.56 Å². The maximum Gasteiger partial charge on any atom is 1.00 e. The number of thiol groups is 1. The van der Waals surface area contributed by atoms with Crippen molar-refractivity contribution in [2.45, 2.75) is 4.90 Å². The summed E-state index contributed by atoms with van der Waals surface area (Å²) in [6, 6.07) is 24.6. The summed E-state index contributed by atoms with van der Waals surface area (Å²) in [4.78, 5) is 8.91. The Morgan fingerprint density at radius 3 is 1.57 bits per heavy atom. The van der Waals surface area contributed by atoms with E-state index in [0.29, 0.717) is 0 Å². The summed E-state index contributed by atoms with van der Waals surface area (Å²) in [6.45, 7) is 0. The maximum absolute atomic E-state index is 11.2. The summed E-state index contributed by atoms with van der Waals surface area (Å²) < 4.78 is 41.6. The molecule has 3 aromatic carbocycles. The molecule has 11 heteroatoms. The van der Waals surface area contributed by atoms with Crippen LogP contribution in [0, 0.1) is 6.07 Å². The van der Waals surface area contributed by atoms with E-state index in [9.17, 15) is 13.0 Å². The molecule has 5 rings (SSSR count). The Kier molecular flexibility index (Phi) is 10.8. The number of nitrogens with zero attached hydrogens (tertiary/aromatic N) is 2. The van der Waals surface area contributed by atoms with Crippen molar-refractivity contribution < 1.29 is 57.6 Å². The molecule has 0 aliphatic rings. The molecule has 0 radical (unpaired) electrons. The average molecular weight is 516 g/mol. The molecule has 0 saturated carbocycles. The van der Waals surface area contributed by atoms with Gasteiger partial charge in [-0.1, -0.05) is 24.3 Å². The van der Waals surface area contributed by atoms with Crippen LogP contribution >= 0.6 is 12.9 Å². The number of pyridine rings is 2. The third-order valence-electron chi connectivity index (χ3n) is 5.10. The Morgan fingerprint density at radius 2 is 1.14 bits per heavy atom. The number of hydrogen-bond acceptors (Lipinski definition) is 9. The van der Waals surface area contributed by atoms with Gasteiger partial charge >= 0.3 is 29.6 Å². The zero-order valence-corrected chi connectivity index (χ0v) is 22.0. The predicted molar refractivity (Wildman–Crippen MR) is 127 cm³/mol. The summed E-state index contributed by atoms with van der Waals surface area (Å²) in [6.07, 6.45) is 3.48.